The van der Waals surface area contributed by atoms with Crippen LogP contribution >= 0.6 is 11.3 Å². The molecule has 1 atom stereocenters. The minimum Gasteiger partial charge on any atom is -0.371 e. The summed E-state index contributed by atoms with van der Waals surface area (Å²) in [4.78, 5) is 16.4. The van der Waals surface area contributed by atoms with Crippen molar-refractivity contribution in [2.45, 2.75) is 25.9 Å². The number of pyridine rings is 1. The third-order valence-electron chi connectivity index (χ3n) is 4.43. The number of hydrogen-bond acceptors (Lipinski definition) is 7. The second-order valence-electron chi connectivity index (χ2n) is 6.53. The van der Waals surface area contributed by atoms with Crippen LogP contribution in [0, 0.1) is 24.6 Å². The molecule has 3 heterocycles. The monoisotopic (exact) mass is 393 g/mol. The third kappa shape index (κ3) is 3.26. The lowest BCUT2D eigenvalue weighted by Gasteiger charge is -2.12. The van der Waals surface area contributed by atoms with Crippen LogP contribution in [0.2, 0.25) is 0 Å². The predicted octanol–water partition coefficient (Wildman–Crippen LogP) is 2.60. The fourth-order valence-electron chi connectivity index (χ4n) is 3.07. The van der Waals surface area contributed by atoms with Gasteiger partial charge in [-0.05, 0) is 43.4 Å². The highest BCUT2D eigenvalue weighted by Gasteiger charge is 2.24. The van der Waals surface area contributed by atoms with Gasteiger partial charge in [0.2, 0.25) is 5.95 Å². The summed E-state index contributed by atoms with van der Waals surface area (Å²) < 4.78 is 14.3. The molecule has 1 unspecified atom stereocenters. The Morgan fingerprint density at radius 1 is 1.32 bits per heavy atom. The average molecular weight is 393 g/mol. The van der Waals surface area contributed by atoms with E-state index in [2.05, 4.69) is 31.8 Å². The minimum absolute atomic E-state index is 0.0102. The largest absolute Gasteiger partial charge is 0.371 e. The molecule has 0 radical (unpaired) electrons. The molecular formula is C20H16FN5OS. The van der Waals surface area contributed by atoms with Crippen molar-refractivity contribution in [3.05, 3.63) is 68.9 Å². The van der Waals surface area contributed by atoms with E-state index in [0.717, 1.165) is 23.0 Å². The number of halogens is 1. The smallest absolute Gasteiger partial charge is 0.220 e. The number of nitrogens with two attached hydrogens (primary N) is 1. The normalized spacial score (nSPS) is 14.6. The molecule has 0 saturated heterocycles. The van der Waals surface area contributed by atoms with Crippen LogP contribution in [0.3, 0.4) is 0 Å². The molecule has 0 amide bonds. The highest BCUT2D eigenvalue weighted by Crippen LogP contribution is 2.34. The molecule has 0 spiro atoms. The van der Waals surface area contributed by atoms with Gasteiger partial charge >= 0.3 is 0 Å². The lowest BCUT2D eigenvalue weighted by molar-refractivity contribution is 0.122. The summed E-state index contributed by atoms with van der Waals surface area (Å²) in [5.41, 5.74) is 8.12. The summed E-state index contributed by atoms with van der Waals surface area (Å²) in [7, 11) is 0. The molecule has 0 aliphatic heterocycles. The van der Waals surface area contributed by atoms with E-state index in [0.29, 0.717) is 22.7 Å². The number of hydrogen-bond donors (Lipinski definition) is 2. The fraction of sp³-hybridized carbons (Fsp3) is 0.200. The molecule has 3 aromatic rings. The van der Waals surface area contributed by atoms with E-state index >= 15 is 0 Å². The molecular weight excluding hydrogens is 377 g/mol. The molecule has 0 saturated carbocycles. The number of rotatable bonds is 2. The Balaban J connectivity index is 1.75. The summed E-state index contributed by atoms with van der Waals surface area (Å²) in [5.74, 6) is 5.21. The van der Waals surface area contributed by atoms with E-state index in [4.69, 9.17) is 5.73 Å². The van der Waals surface area contributed by atoms with Crippen molar-refractivity contribution in [3.63, 3.8) is 0 Å². The molecule has 1 aliphatic rings. The molecule has 6 nitrogen and oxygen atoms in total. The molecule has 0 bridgehead atoms. The zero-order valence-electron chi connectivity index (χ0n) is 15.2. The Bertz CT molecular complexity index is 1160. The number of fused-ring (bicyclic) bond motifs is 1. The van der Waals surface area contributed by atoms with Gasteiger partial charge in [-0.1, -0.05) is 12.0 Å². The summed E-state index contributed by atoms with van der Waals surface area (Å²) in [6.07, 6.45) is 5.20. The van der Waals surface area contributed by atoms with Gasteiger partial charge in [-0.25, -0.2) is 24.3 Å². The number of aryl methyl sites for hydroxylation is 1. The first-order valence-corrected chi connectivity index (χ1v) is 9.38. The highest BCUT2D eigenvalue weighted by atomic mass is 32.1. The standard InChI is InChI=1S/C20H16FN5OS/c1-11-13-3-4-14(17-16(21)10-24-19(22)26-17)15(13)9-12(25-11)5-6-20(2,27)18-23-7-8-28-18/h4,7-10,27H,3H2,1-2H3,(H2,22,24,26). The Hall–Kier alpha value is -3.15. The van der Waals surface area contributed by atoms with Gasteiger partial charge in [0, 0.05) is 22.8 Å². The number of thiazole rings is 1. The van der Waals surface area contributed by atoms with Crippen LogP contribution in [0.25, 0.3) is 5.57 Å². The van der Waals surface area contributed by atoms with Gasteiger partial charge in [0.05, 0.1) is 6.20 Å². The zero-order chi connectivity index (χ0) is 19.9. The Kier molecular flexibility index (Phi) is 4.41. The summed E-state index contributed by atoms with van der Waals surface area (Å²) in [5, 5.41) is 12.8. The number of aliphatic hydroxyl groups is 1. The van der Waals surface area contributed by atoms with Crippen molar-refractivity contribution >= 4 is 22.9 Å². The van der Waals surface area contributed by atoms with Crippen LogP contribution in [0.15, 0.2) is 29.9 Å². The van der Waals surface area contributed by atoms with Crippen molar-refractivity contribution in [2.24, 2.45) is 0 Å². The molecule has 0 aromatic carbocycles. The number of aromatic nitrogens is 4. The van der Waals surface area contributed by atoms with Crippen molar-refractivity contribution in [1.82, 2.24) is 19.9 Å². The topological polar surface area (TPSA) is 97.8 Å². The first-order valence-electron chi connectivity index (χ1n) is 8.50. The van der Waals surface area contributed by atoms with Crippen molar-refractivity contribution < 1.29 is 9.50 Å². The molecule has 4 rings (SSSR count). The minimum atomic E-state index is -1.38. The third-order valence-corrected chi connectivity index (χ3v) is 5.42. The van der Waals surface area contributed by atoms with E-state index in [-0.39, 0.29) is 11.6 Å². The molecule has 1 aliphatic carbocycles. The van der Waals surface area contributed by atoms with Crippen LogP contribution in [0.5, 0.6) is 0 Å². The Labute approximate surface area is 165 Å². The van der Waals surface area contributed by atoms with Crippen LogP contribution < -0.4 is 5.73 Å². The number of nitrogen functional groups attached to an aromatic ring is 1. The van der Waals surface area contributed by atoms with Crippen molar-refractivity contribution in [3.8, 4) is 11.8 Å². The summed E-state index contributed by atoms with van der Waals surface area (Å²) in [6, 6.07) is 1.78. The van der Waals surface area contributed by atoms with Gasteiger partial charge in [0.1, 0.15) is 16.4 Å². The fourth-order valence-corrected chi connectivity index (χ4v) is 3.73. The van der Waals surface area contributed by atoms with Gasteiger partial charge in [-0.15, -0.1) is 11.3 Å². The van der Waals surface area contributed by atoms with Crippen LogP contribution in [0.4, 0.5) is 10.3 Å². The quantitative estimate of drug-likeness (QED) is 0.650. The second kappa shape index (κ2) is 6.78. The maximum atomic E-state index is 14.3. The average Bonchev–Trinajstić information content (AvgIpc) is 3.32. The molecule has 3 N–H and O–H groups in total. The van der Waals surface area contributed by atoms with E-state index in [9.17, 15) is 9.50 Å². The number of nitrogens with zero attached hydrogens (tertiary/aromatic N) is 4. The van der Waals surface area contributed by atoms with Gasteiger partial charge in [-0.3, -0.25) is 0 Å². The van der Waals surface area contributed by atoms with Gasteiger partial charge < -0.3 is 10.8 Å². The van der Waals surface area contributed by atoms with Gasteiger partial charge in [0.25, 0.3) is 0 Å². The second-order valence-corrected chi connectivity index (χ2v) is 7.42. The Morgan fingerprint density at radius 2 is 2.14 bits per heavy atom. The number of allylic oxidation sites excluding steroid dienone is 1. The van der Waals surface area contributed by atoms with Crippen LogP contribution in [-0.4, -0.2) is 25.0 Å². The molecule has 3 aromatic heterocycles. The SMILES string of the molecule is Cc1nc(C#CC(C)(O)c2nccs2)cc2c1CC=C2c1nc(N)ncc1F. The van der Waals surface area contributed by atoms with E-state index < -0.39 is 11.4 Å². The van der Waals surface area contributed by atoms with Gasteiger partial charge in [0.15, 0.2) is 11.4 Å². The maximum Gasteiger partial charge on any atom is 0.220 e. The zero-order valence-corrected chi connectivity index (χ0v) is 16.0. The maximum absolute atomic E-state index is 14.3. The van der Waals surface area contributed by atoms with Crippen molar-refractivity contribution in [2.75, 3.05) is 5.73 Å². The summed E-state index contributed by atoms with van der Waals surface area (Å²) in [6.45, 7) is 3.47. The van der Waals surface area contributed by atoms with Crippen LogP contribution in [0.1, 0.15) is 40.1 Å². The molecule has 28 heavy (non-hydrogen) atoms. The lowest BCUT2D eigenvalue weighted by atomic mass is 10.0. The van der Waals surface area contributed by atoms with E-state index in [1.165, 1.54) is 11.3 Å². The van der Waals surface area contributed by atoms with Gasteiger partial charge in [-0.2, -0.15) is 0 Å². The summed E-state index contributed by atoms with van der Waals surface area (Å²) >= 11 is 1.33. The molecule has 140 valence electrons. The van der Waals surface area contributed by atoms with Crippen LogP contribution in [-0.2, 0) is 12.0 Å². The Morgan fingerprint density at radius 3 is 2.89 bits per heavy atom. The van der Waals surface area contributed by atoms with E-state index in [1.807, 2.05) is 13.0 Å². The lowest BCUT2D eigenvalue weighted by Crippen LogP contribution is -2.18. The molecule has 0 fully saturated rings. The predicted molar refractivity (Wildman–Crippen MR) is 105 cm³/mol. The highest BCUT2D eigenvalue weighted by molar-refractivity contribution is 7.09. The van der Waals surface area contributed by atoms with Crippen molar-refractivity contribution in [1.29, 1.82) is 0 Å². The first kappa shape index (κ1) is 18.2. The van der Waals surface area contributed by atoms with E-state index in [1.54, 1.807) is 24.6 Å². The number of anilines is 1. The molecule has 8 heteroatoms. The first-order chi connectivity index (χ1) is 13.3.